The first-order chi connectivity index (χ1) is 10.1. The van der Waals surface area contributed by atoms with Crippen LogP contribution in [0.4, 0.5) is 5.69 Å². The van der Waals surface area contributed by atoms with E-state index < -0.39 is 0 Å². The molecule has 1 unspecified atom stereocenters. The largest absolute Gasteiger partial charge is 0.490 e. The van der Waals surface area contributed by atoms with Crippen LogP contribution in [0.2, 0.25) is 0 Å². The number of anilines is 1. The van der Waals surface area contributed by atoms with E-state index in [9.17, 15) is 4.79 Å². The molecule has 0 fully saturated rings. The minimum atomic E-state index is -0.0174. The van der Waals surface area contributed by atoms with E-state index in [2.05, 4.69) is 10.6 Å². The summed E-state index contributed by atoms with van der Waals surface area (Å²) in [6, 6.07) is 5.77. The Morgan fingerprint density at radius 1 is 1.14 bits per heavy atom. The van der Waals surface area contributed by atoms with Gasteiger partial charge in [0.05, 0.1) is 19.8 Å². The van der Waals surface area contributed by atoms with E-state index in [0.717, 1.165) is 12.1 Å². The molecule has 5 nitrogen and oxygen atoms in total. The molecule has 1 aromatic carbocycles. The summed E-state index contributed by atoms with van der Waals surface area (Å²) in [5, 5.41) is 6.01. The number of carbonyl (C=O) groups excluding carboxylic acids is 1. The first-order valence-corrected chi connectivity index (χ1v) is 7.53. The highest BCUT2D eigenvalue weighted by Crippen LogP contribution is 2.30. The van der Waals surface area contributed by atoms with Gasteiger partial charge in [0, 0.05) is 17.8 Å². The molecular weight excluding hydrogens is 268 g/mol. The van der Waals surface area contributed by atoms with Crippen molar-refractivity contribution in [2.45, 2.75) is 40.2 Å². The Balaban J connectivity index is 2.62. The lowest BCUT2D eigenvalue weighted by molar-refractivity contribution is -0.120. The fourth-order valence-electron chi connectivity index (χ4n) is 1.77. The normalized spacial score (nSPS) is 11.6. The van der Waals surface area contributed by atoms with Gasteiger partial charge in [0.15, 0.2) is 11.5 Å². The monoisotopic (exact) mass is 294 g/mol. The van der Waals surface area contributed by atoms with Crippen molar-refractivity contribution in [3.05, 3.63) is 18.2 Å². The Morgan fingerprint density at radius 3 is 2.43 bits per heavy atom. The summed E-state index contributed by atoms with van der Waals surface area (Å²) in [6.07, 6.45) is 0.920. The van der Waals surface area contributed by atoms with Crippen molar-refractivity contribution < 1.29 is 14.3 Å². The summed E-state index contributed by atoms with van der Waals surface area (Å²) in [5.74, 6) is 1.39. The molecule has 1 atom stereocenters. The van der Waals surface area contributed by atoms with Crippen molar-refractivity contribution in [1.82, 2.24) is 5.32 Å². The zero-order valence-corrected chi connectivity index (χ0v) is 13.4. The number of hydrogen-bond acceptors (Lipinski definition) is 4. The Kier molecular flexibility index (Phi) is 7.43. The van der Waals surface area contributed by atoms with E-state index >= 15 is 0 Å². The first-order valence-electron chi connectivity index (χ1n) is 7.53. The summed E-state index contributed by atoms with van der Waals surface area (Å²) in [4.78, 5) is 11.7. The van der Waals surface area contributed by atoms with Crippen molar-refractivity contribution in [3.8, 4) is 11.5 Å². The van der Waals surface area contributed by atoms with Crippen LogP contribution in [0.25, 0.3) is 0 Å². The minimum Gasteiger partial charge on any atom is -0.490 e. The molecule has 0 saturated heterocycles. The molecule has 0 radical (unpaired) electrons. The van der Waals surface area contributed by atoms with Crippen LogP contribution < -0.4 is 20.1 Å². The van der Waals surface area contributed by atoms with Gasteiger partial charge in [-0.15, -0.1) is 0 Å². The number of rotatable bonds is 9. The van der Waals surface area contributed by atoms with E-state index in [-0.39, 0.29) is 18.5 Å². The third-order valence-electron chi connectivity index (χ3n) is 3.02. The minimum absolute atomic E-state index is 0.0174. The molecule has 0 aliphatic rings. The fourth-order valence-corrected chi connectivity index (χ4v) is 1.77. The number of benzene rings is 1. The predicted octanol–water partition coefficient (Wildman–Crippen LogP) is 2.81. The van der Waals surface area contributed by atoms with E-state index in [0.29, 0.717) is 24.7 Å². The standard InChI is InChI=1S/C16H26N2O3/c1-5-12(4)18-16(19)11-17-13-8-9-14(20-6-2)15(10-13)21-7-3/h8-10,12,17H,5-7,11H2,1-4H3,(H,18,19). The van der Waals surface area contributed by atoms with E-state index in [1.165, 1.54) is 0 Å². The van der Waals surface area contributed by atoms with Crippen LogP contribution in [0.1, 0.15) is 34.1 Å². The summed E-state index contributed by atoms with van der Waals surface area (Å²) in [7, 11) is 0. The molecule has 5 heteroatoms. The molecule has 1 amide bonds. The number of carbonyl (C=O) groups is 1. The summed E-state index contributed by atoms with van der Waals surface area (Å²) in [6.45, 7) is 9.28. The van der Waals surface area contributed by atoms with Gasteiger partial charge in [0.25, 0.3) is 0 Å². The predicted molar refractivity (Wildman–Crippen MR) is 85.2 cm³/mol. The Morgan fingerprint density at radius 2 is 1.81 bits per heavy atom. The van der Waals surface area contributed by atoms with Gasteiger partial charge < -0.3 is 20.1 Å². The maximum absolute atomic E-state index is 11.7. The SMILES string of the molecule is CCOc1ccc(NCC(=O)NC(C)CC)cc1OCC. The van der Waals surface area contributed by atoms with Crippen molar-refractivity contribution in [3.63, 3.8) is 0 Å². The van der Waals surface area contributed by atoms with E-state index in [1.54, 1.807) is 0 Å². The molecular formula is C16H26N2O3. The number of amides is 1. The van der Waals surface area contributed by atoms with Gasteiger partial charge in [0.2, 0.25) is 5.91 Å². The Labute approximate surface area is 127 Å². The molecule has 0 aromatic heterocycles. The smallest absolute Gasteiger partial charge is 0.239 e. The molecule has 0 bridgehead atoms. The second-order valence-electron chi connectivity index (χ2n) is 4.76. The second kappa shape index (κ2) is 9.10. The van der Waals surface area contributed by atoms with Gasteiger partial charge in [0.1, 0.15) is 0 Å². The van der Waals surface area contributed by atoms with Gasteiger partial charge in [-0.1, -0.05) is 6.92 Å². The number of hydrogen-bond donors (Lipinski definition) is 2. The molecule has 2 N–H and O–H groups in total. The van der Waals surface area contributed by atoms with Crippen LogP contribution in [-0.4, -0.2) is 31.7 Å². The lowest BCUT2D eigenvalue weighted by Gasteiger charge is -2.14. The zero-order valence-electron chi connectivity index (χ0n) is 13.4. The van der Waals surface area contributed by atoms with Crippen LogP contribution in [0.15, 0.2) is 18.2 Å². The molecule has 0 heterocycles. The topological polar surface area (TPSA) is 59.6 Å². The molecule has 1 rings (SSSR count). The first kappa shape index (κ1) is 17.1. The summed E-state index contributed by atoms with van der Waals surface area (Å²) >= 11 is 0. The zero-order chi connectivity index (χ0) is 15.7. The maximum Gasteiger partial charge on any atom is 0.239 e. The lowest BCUT2D eigenvalue weighted by atomic mass is 10.2. The van der Waals surface area contributed by atoms with Gasteiger partial charge in [-0.25, -0.2) is 0 Å². The number of nitrogens with one attached hydrogen (secondary N) is 2. The molecule has 1 aromatic rings. The molecule has 0 saturated carbocycles. The van der Waals surface area contributed by atoms with E-state index in [4.69, 9.17) is 9.47 Å². The fraction of sp³-hybridized carbons (Fsp3) is 0.562. The third kappa shape index (κ3) is 5.94. The van der Waals surface area contributed by atoms with Gasteiger partial charge in [-0.3, -0.25) is 4.79 Å². The molecule has 118 valence electrons. The Hall–Kier alpha value is -1.91. The van der Waals surface area contributed by atoms with Gasteiger partial charge in [-0.2, -0.15) is 0 Å². The average Bonchev–Trinajstić information content (AvgIpc) is 2.47. The van der Waals surface area contributed by atoms with Gasteiger partial charge >= 0.3 is 0 Å². The average molecular weight is 294 g/mol. The molecule has 0 aliphatic carbocycles. The summed E-state index contributed by atoms with van der Waals surface area (Å²) < 4.78 is 11.1. The quantitative estimate of drug-likeness (QED) is 0.735. The van der Waals surface area contributed by atoms with Crippen LogP contribution in [-0.2, 0) is 4.79 Å². The molecule has 0 aliphatic heterocycles. The van der Waals surface area contributed by atoms with Crippen molar-refractivity contribution >= 4 is 11.6 Å². The van der Waals surface area contributed by atoms with Crippen molar-refractivity contribution in [1.29, 1.82) is 0 Å². The maximum atomic E-state index is 11.7. The highest BCUT2D eigenvalue weighted by molar-refractivity contribution is 5.81. The van der Waals surface area contributed by atoms with Crippen LogP contribution in [0, 0.1) is 0 Å². The second-order valence-corrected chi connectivity index (χ2v) is 4.76. The van der Waals surface area contributed by atoms with E-state index in [1.807, 2.05) is 45.9 Å². The van der Waals surface area contributed by atoms with Crippen molar-refractivity contribution in [2.24, 2.45) is 0 Å². The van der Waals surface area contributed by atoms with Gasteiger partial charge in [-0.05, 0) is 39.3 Å². The van der Waals surface area contributed by atoms with Crippen molar-refractivity contribution in [2.75, 3.05) is 25.1 Å². The van der Waals surface area contributed by atoms with Crippen LogP contribution >= 0.6 is 0 Å². The highest BCUT2D eigenvalue weighted by atomic mass is 16.5. The third-order valence-corrected chi connectivity index (χ3v) is 3.02. The molecule has 0 spiro atoms. The van der Waals surface area contributed by atoms with Crippen LogP contribution in [0.3, 0.4) is 0 Å². The van der Waals surface area contributed by atoms with Crippen LogP contribution in [0.5, 0.6) is 11.5 Å². The molecule has 21 heavy (non-hydrogen) atoms. The highest BCUT2D eigenvalue weighted by Gasteiger charge is 2.08. The Bertz CT molecular complexity index is 449. The summed E-state index contributed by atoms with van der Waals surface area (Å²) in [5.41, 5.74) is 0.834. The number of ether oxygens (including phenoxy) is 2. The lowest BCUT2D eigenvalue weighted by Crippen LogP contribution is -2.36.